The second-order valence-corrected chi connectivity index (χ2v) is 7.13. The van der Waals surface area contributed by atoms with Crippen LogP contribution in [0.25, 0.3) is 10.8 Å². The second kappa shape index (κ2) is 10.0. The third-order valence-corrected chi connectivity index (χ3v) is 5.01. The van der Waals surface area contributed by atoms with E-state index in [1.807, 2.05) is 42.5 Å². The van der Waals surface area contributed by atoms with Crippen LogP contribution in [0.1, 0.15) is 35.3 Å². The van der Waals surface area contributed by atoms with E-state index in [4.69, 9.17) is 19.0 Å². The Hall–Kier alpha value is -3.45. The molecule has 0 amide bonds. The van der Waals surface area contributed by atoms with Crippen LogP contribution in [0.4, 0.5) is 0 Å². The quantitative estimate of drug-likeness (QED) is 0.321. The molecule has 1 aliphatic rings. The van der Waals surface area contributed by atoms with Gasteiger partial charge in [0.15, 0.2) is 0 Å². The average Bonchev–Trinajstić information content (AvgIpc) is 2.84. The van der Waals surface area contributed by atoms with Gasteiger partial charge in [-0.05, 0) is 36.4 Å². The van der Waals surface area contributed by atoms with Gasteiger partial charge in [0.1, 0.15) is 18.1 Å². The number of oxime groups is 1. The van der Waals surface area contributed by atoms with E-state index in [-0.39, 0.29) is 6.61 Å². The largest absolute Gasteiger partial charge is 0.486 e. The van der Waals surface area contributed by atoms with E-state index in [0.717, 1.165) is 35.8 Å². The average molecular weight is 420 g/mol. The molecule has 1 atom stereocenters. The first kappa shape index (κ1) is 20.8. The number of rotatable bonds is 7. The predicted molar refractivity (Wildman–Crippen MR) is 116 cm³/mol. The maximum absolute atomic E-state index is 11.9. The number of hydrogen-bond acceptors (Lipinski definition) is 7. The minimum Gasteiger partial charge on any atom is -0.486 e. The lowest BCUT2D eigenvalue weighted by atomic mass is 10.1. The molecule has 4 rings (SSSR count). The molecule has 1 fully saturated rings. The Morgan fingerprint density at radius 3 is 2.87 bits per heavy atom. The van der Waals surface area contributed by atoms with E-state index in [1.54, 1.807) is 12.1 Å². The van der Waals surface area contributed by atoms with Gasteiger partial charge in [0.25, 0.3) is 0 Å². The molecule has 0 bridgehead atoms. The van der Waals surface area contributed by atoms with Crippen molar-refractivity contribution >= 4 is 22.5 Å². The number of methoxy groups -OCH3 is 1. The molecule has 2 aromatic carbocycles. The highest BCUT2D eigenvalue weighted by molar-refractivity contribution is 6.02. The van der Waals surface area contributed by atoms with Gasteiger partial charge in [-0.25, -0.2) is 4.79 Å². The van der Waals surface area contributed by atoms with Crippen molar-refractivity contribution in [2.45, 2.75) is 25.6 Å². The van der Waals surface area contributed by atoms with Crippen LogP contribution in [0.15, 0.2) is 65.9 Å². The van der Waals surface area contributed by atoms with Gasteiger partial charge in [-0.3, -0.25) is 4.98 Å². The highest BCUT2D eigenvalue weighted by Gasteiger charge is 2.17. The second-order valence-electron chi connectivity index (χ2n) is 7.13. The number of carbonyl (C=O) groups excluding carboxylic acids is 1. The summed E-state index contributed by atoms with van der Waals surface area (Å²) >= 11 is 0. The minimum absolute atomic E-state index is 0.109. The van der Waals surface area contributed by atoms with Crippen molar-refractivity contribution in [2.24, 2.45) is 5.16 Å². The summed E-state index contributed by atoms with van der Waals surface area (Å²) in [7, 11) is 1.34. The normalized spacial score (nSPS) is 16.7. The Balaban J connectivity index is 1.59. The maximum Gasteiger partial charge on any atom is 0.337 e. The van der Waals surface area contributed by atoms with Crippen LogP contribution in [0.5, 0.6) is 5.75 Å². The molecule has 31 heavy (non-hydrogen) atoms. The van der Waals surface area contributed by atoms with Gasteiger partial charge >= 0.3 is 5.97 Å². The molecule has 0 aliphatic carbocycles. The molecule has 2 heterocycles. The van der Waals surface area contributed by atoms with Crippen LogP contribution >= 0.6 is 0 Å². The number of fused-ring (bicyclic) bond motifs is 1. The highest BCUT2D eigenvalue weighted by Crippen LogP contribution is 2.25. The zero-order chi connectivity index (χ0) is 21.5. The summed E-state index contributed by atoms with van der Waals surface area (Å²) in [6.45, 7) is 0.760. The number of ether oxygens (including phenoxy) is 3. The van der Waals surface area contributed by atoms with Crippen molar-refractivity contribution < 1.29 is 23.8 Å². The fourth-order valence-electron chi connectivity index (χ4n) is 3.36. The Morgan fingerprint density at radius 1 is 1.16 bits per heavy atom. The number of hydrogen-bond donors (Lipinski definition) is 0. The van der Waals surface area contributed by atoms with E-state index in [0.29, 0.717) is 23.6 Å². The lowest BCUT2D eigenvalue weighted by molar-refractivity contribution is -0.162. The van der Waals surface area contributed by atoms with E-state index in [1.165, 1.54) is 13.3 Å². The number of esters is 1. The van der Waals surface area contributed by atoms with E-state index >= 15 is 0 Å². The first-order valence-corrected chi connectivity index (χ1v) is 10.2. The van der Waals surface area contributed by atoms with Crippen LogP contribution in [0, 0.1) is 0 Å². The fourth-order valence-corrected chi connectivity index (χ4v) is 3.36. The Bertz CT molecular complexity index is 1070. The predicted octanol–water partition coefficient (Wildman–Crippen LogP) is 4.35. The minimum atomic E-state index is -0.450. The summed E-state index contributed by atoms with van der Waals surface area (Å²) in [4.78, 5) is 21.9. The van der Waals surface area contributed by atoms with E-state index < -0.39 is 12.3 Å². The number of carbonyl (C=O) groups is 1. The molecular weight excluding hydrogens is 396 g/mol. The summed E-state index contributed by atoms with van der Waals surface area (Å²) in [5.41, 5.74) is 1.30. The lowest BCUT2D eigenvalue weighted by Crippen LogP contribution is -2.22. The summed E-state index contributed by atoms with van der Waals surface area (Å²) in [5.74, 6) is 0.276. The molecule has 1 aromatic heterocycles. The molecule has 0 saturated carbocycles. The third-order valence-electron chi connectivity index (χ3n) is 5.01. The highest BCUT2D eigenvalue weighted by atomic mass is 16.8. The topological polar surface area (TPSA) is 79.2 Å². The summed E-state index contributed by atoms with van der Waals surface area (Å²) in [6, 6.07) is 17.1. The molecule has 0 radical (unpaired) electrons. The van der Waals surface area contributed by atoms with Crippen molar-refractivity contribution in [2.75, 3.05) is 20.3 Å². The fraction of sp³-hybridized carbons (Fsp3) is 0.292. The van der Waals surface area contributed by atoms with Gasteiger partial charge in [-0.2, -0.15) is 0 Å². The van der Waals surface area contributed by atoms with Crippen LogP contribution in [-0.2, 0) is 14.3 Å². The van der Waals surface area contributed by atoms with Crippen LogP contribution in [-0.4, -0.2) is 43.3 Å². The maximum atomic E-state index is 11.9. The molecule has 0 spiro atoms. The van der Waals surface area contributed by atoms with Gasteiger partial charge in [0.05, 0.1) is 25.0 Å². The first-order valence-electron chi connectivity index (χ1n) is 10.2. The third kappa shape index (κ3) is 5.19. The molecule has 1 aliphatic heterocycles. The summed E-state index contributed by atoms with van der Waals surface area (Å²) in [6.07, 6.45) is 3.95. The van der Waals surface area contributed by atoms with Gasteiger partial charge < -0.3 is 19.0 Å². The Morgan fingerprint density at radius 2 is 2.03 bits per heavy atom. The zero-order valence-corrected chi connectivity index (χ0v) is 17.3. The smallest absolute Gasteiger partial charge is 0.337 e. The summed E-state index contributed by atoms with van der Waals surface area (Å²) in [5, 5.41) is 6.37. The van der Waals surface area contributed by atoms with Crippen LogP contribution in [0.2, 0.25) is 0 Å². The standard InChI is InChI=1S/C24H24N2O5/c1-28-24(27)18-12-13-25-20(15-18)21(26-31-23-11-4-5-14-29-23)16-30-22-10-6-8-17-7-2-3-9-19(17)22/h2-3,6-10,12-13,15,23H,4-5,11,14,16H2,1H3/b26-21+. The lowest BCUT2D eigenvalue weighted by Gasteiger charge is -2.20. The molecular formula is C24H24N2O5. The molecule has 7 heteroatoms. The van der Waals surface area contributed by atoms with Gasteiger partial charge in [-0.1, -0.05) is 41.6 Å². The molecule has 0 N–H and O–H groups in total. The SMILES string of the molecule is COC(=O)c1ccnc(/C(COc2cccc3ccccc23)=N/OC2CCCCO2)c1. The van der Waals surface area contributed by atoms with Crippen molar-refractivity contribution in [1.82, 2.24) is 4.98 Å². The van der Waals surface area contributed by atoms with Crippen molar-refractivity contribution in [3.8, 4) is 5.75 Å². The molecule has 3 aromatic rings. The monoisotopic (exact) mass is 420 g/mol. The van der Waals surface area contributed by atoms with E-state index in [2.05, 4.69) is 10.1 Å². The summed E-state index contributed by atoms with van der Waals surface area (Å²) < 4.78 is 16.5. The number of pyridine rings is 1. The van der Waals surface area contributed by atoms with Gasteiger partial charge in [0.2, 0.25) is 6.29 Å². The molecule has 1 unspecified atom stereocenters. The van der Waals surface area contributed by atoms with Crippen LogP contribution < -0.4 is 4.74 Å². The van der Waals surface area contributed by atoms with Gasteiger partial charge in [-0.15, -0.1) is 0 Å². The molecule has 1 saturated heterocycles. The van der Waals surface area contributed by atoms with Crippen molar-refractivity contribution in [3.63, 3.8) is 0 Å². The molecule has 160 valence electrons. The first-order chi connectivity index (χ1) is 15.2. The number of benzene rings is 2. The Labute approximate surface area is 180 Å². The van der Waals surface area contributed by atoms with Crippen LogP contribution in [0.3, 0.4) is 0 Å². The molecule has 7 nitrogen and oxygen atoms in total. The van der Waals surface area contributed by atoms with Crippen molar-refractivity contribution in [1.29, 1.82) is 0 Å². The zero-order valence-electron chi connectivity index (χ0n) is 17.3. The number of aromatic nitrogens is 1. The Kier molecular flexibility index (Phi) is 6.74. The number of nitrogens with zero attached hydrogens (tertiary/aromatic N) is 2. The van der Waals surface area contributed by atoms with Gasteiger partial charge in [0, 0.05) is 18.0 Å². The van der Waals surface area contributed by atoms with Crippen molar-refractivity contribution in [3.05, 3.63) is 72.1 Å². The van der Waals surface area contributed by atoms with E-state index in [9.17, 15) is 4.79 Å².